The Hall–Kier alpha value is -0.620. The number of carbonyl (C=O) groups is 1. The fraction of sp³-hybridized carbons (Fsp3) is 0.364. The first kappa shape index (κ1) is 15.4. The van der Waals surface area contributed by atoms with Gasteiger partial charge in [-0.25, -0.2) is 8.42 Å². The highest BCUT2D eigenvalue weighted by Gasteiger charge is 2.32. The molecule has 0 spiro atoms. The van der Waals surface area contributed by atoms with Crippen LogP contribution in [0, 0.1) is 0 Å². The van der Waals surface area contributed by atoms with Crippen molar-refractivity contribution in [2.45, 2.75) is 12.2 Å². The summed E-state index contributed by atoms with van der Waals surface area (Å²) in [7, 11) is -3.68. The van der Waals surface area contributed by atoms with Crippen LogP contribution in [0.25, 0.3) is 0 Å². The highest BCUT2D eigenvalue weighted by molar-refractivity contribution is 7.92. The zero-order chi connectivity index (χ0) is 13.9. The Balaban J connectivity index is 3.20. The summed E-state index contributed by atoms with van der Waals surface area (Å²) in [5.41, 5.74) is 0.0390. The Morgan fingerprint density at radius 3 is 2.44 bits per heavy atom. The molecule has 4 nitrogen and oxygen atoms in total. The van der Waals surface area contributed by atoms with E-state index in [1.807, 2.05) is 0 Å². The number of halogens is 2. The van der Waals surface area contributed by atoms with Crippen LogP contribution in [0.5, 0.6) is 0 Å². The second kappa shape index (κ2) is 6.02. The maximum absolute atomic E-state index is 12.0. The normalized spacial score (nSPS) is 13.3. The summed E-state index contributed by atoms with van der Waals surface area (Å²) in [4.78, 5) is 12.0. The fourth-order valence-electron chi connectivity index (χ4n) is 1.42. The molecular weight excluding hydrogens is 299 g/mol. The molecule has 0 amide bonds. The molecule has 0 aliphatic heterocycles. The van der Waals surface area contributed by atoms with Gasteiger partial charge in [0.15, 0.2) is 15.6 Å². The summed E-state index contributed by atoms with van der Waals surface area (Å²) < 4.78 is 23.3. The largest absolute Gasteiger partial charge is 0.395 e. The van der Waals surface area contributed by atoms with Gasteiger partial charge in [-0.05, 0) is 18.2 Å². The van der Waals surface area contributed by atoms with Gasteiger partial charge in [0.1, 0.15) is 5.25 Å². The van der Waals surface area contributed by atoms with E-state index in [9.17, 15) is 13.2 Å². The minimum Gasteiger partial charge on any atom is -0.395 e. The molecule has 1 atom stereocenters. The molecule has 0 aliphatic rings. The summed E-state index contributed by atoms with van der Waals surface area (Å²) in [6.07, 6.45) is 0. The van der Waals surface area contributed by atoms with E-state index >= 15 is 0 Å². The monoisotopic (exact) mass is 310 g/mol. The average molecular weight is 311 g/mol. The summed E-state index contributed by atoms with van der Waals surface area (Å²) in [6, 6.07) is 4.14. The van der Waals surface area contributed by atoms with Gasteiger partial charge in [0.2, 0.25) is 0 Å². The number of sulfone groups is 1. The smallest absolute Gasteiger partial charge is 0.184 e. The van der Waals surface area contributed by atoms with E-state index in [1.54, 1.807) is 0 Å². The SMILES string of the molecule is CCS(=O)(=O)[C@@H](CO)C(=O)c1ccc(Cl)cc1Cl. The zero-order valence-electron chi connectivity index (χ0n) is 9.56. The van der Waals surface area contributed by atoms with Crippen LogP contribution >= 0.6 is 23.2 Å². The van der Waals surface area contributed by atoms with Gasteiger partial charge in [-0.1, -0.05) is 30.1 Å². The number of Topliss-reactive ketones (excluding diaryl/α,β-unsaturated/α-hetero) is 1. The zero-order valence-corrected chi connectivity index (χ0v) is 11.9. The van der Waals surface area contributed by atoms with E-state index in [1.165, 1.54) is 25.1 Å². The highest BCUT2D eigenvalue weighted by atomic mass is 35.5. The molecule has 1 rings (SSSR count). The second-order valence-corrected chi connectivity index (χ2v) is 6.93. The number of ketones is 1. The Kier molecular flexibility index (Phi) is 5.16. The number of benzene rings is 1. The fourth-order valence-corrected chi connectivity index (χ4v) is 3.01. The third kappa shape index (κ3) is 3.23. The van der Waals surface area contributed by atoms with Gasteiger partial charge < -0.3 is 5.11 Å². The summed E-state index contributed by atoms with van der Waals surface area (Å²) in [5, 5.41) is 8.03. The summed E-state index contributed by atoms with van der Waals surface area (Å²) in [6.45, 7) is 0.642. The van der Waals surface area contributed by atoms with E-state index in [2.05, 4.69) is 0 Å². The number of hydrogen-bond acceptors (Lipinski definition) is 4. The van der Waals surface area contributed by atoms with Crippen molar-refractivity contribution < 1.29 is 18.3 Å². The number of carbonyl (C=O) groups excluding carboxylic acids is 1. The van der Waals surface area contributed by atoms with Gasteiger partial charge in [0, 0.05) is 16.3 Å². The molecule has 0 aliphatic carbocycles. The molecular formula is C11H12Cl2O4S. The Morgan fingerprint density at radius 2 is 2.00 bits per heavy atom. The van der Waals surface area contributed by atoms with Crippen molar-refractivity contribution in [2.75, 3.05) is 12.4 Å². The molecule has 0 radical (unpaired) electrons. The molecule has 0 aromatic heterocycles. The van der Waals surface area contributed by atoms with Crippen molar-refractivity contribution >= 4 is 38.8 Å². The molecule has 1 aromatic rings. The minimum absolute atomic E-state index is 0.0390. The first-order chi connectivity index (χ1) is 8.33. The molecule has 100 valence electrons. The maximum atomic E-state index is 12.0. The standard InChI is InChI=1S/C11H12Cl2O4S/c1-2-18(16,17)10(6-14)11(15)8-4-3-7(12)5-9(8)13/h3-5,10,14H,2,6H2,1H3/t10-/m0/s1. The van der Waals surface area contributed by atoms with Crippen LogP contribution in [0.15, 0.2) is 18.2 Å². The van der Waals surface area contributed by atoms with Gasteiger partial charge in [0.25, 0.3) is 0 Å². The van der Waals surface area contributed by atoms with Gasteiger partial charge in [0.05, 0.1) is 11.6 Å². The number of aliphatic hydroxyl groups excluding tert-OH is 1. The summed E-state index contributed by atoms with van der Waals surface area (Å²) in [5.74, 6) is -0.948. The molecule has 0 fully saturated rings. The van der Waals surface area contributed by atoms with E-state index in [0.717, 1.165) is 0 Å². The average Bonchev–Trinajstić information content (AvgIpc) is 2.29. The molecule has 1 N–H and O–H groups in total. The third-order valence-electron chi connectivity index (χ3n) is 2.49. The van der Waals surface area contributed by atoms with Gasteiger partial charge in [-0.2, -0.15) is 0 Å². The van der Waals surface area contributed by atoms with Crippen molar-refractivity contribution in [1.82, 2.24) is 0 Å². The quantitative estimate of drug-likeness (QED) is 0.844. The first-order valence-electron chi connectivity index (χ1n) is 5.15. The van der Waals surface area contributed by atoms with Crippen molar-refractivity contribution in [3.63, 3.8) is 0 Å². The lowest BCUT2D eigenvalue weighted by atomic mass is 10.1. The number of hydrogen-bond donors (Lipinski definition) is 1. The number of aliphatic hydroxyl groups is 1. The molecule has 0 saturated carbocycles. The van der Waals surface area contributed by atoms with Gasteiger partial charge >= 0.3 is 0 Å². The highest BCUT2D eigenvalue weighted by Crippen LogP contribution is 2.23. The molecule has 7 heteroatoms. The molecule has 0 heterocycles. The Bertz CT molecular complexity index is 554. The molecule has 0 unspecified atom stereocenters. The van der Waals surface area contributed by atoms with Crippen LogP contribution in [-0.4, -0.2) is 36.9 Å². The van der Waals surface area contributed by atoms with Crippen LogP contribution in [0.3, 0.4) is 0 Å². The Labute approximate surface area is 115 Å². The lowest BCUT2D eigenvalue weighted by Crippen LogP contribution is -2.35. The van der Waals surface area contributed by atoms with Crippen molar-refractivity contribution in [2.24, 2.45) is 0 Å². The lowest BCUT2D eigenvalue weighted by Gasteiger charge is -2.13. The van der Waals surface area contributed by atoms with Crippen molar-refractivity contribution in [1.29, 1.82) is 0 Å². The first-order valence-corrected chi connectivity index (χ1v) is 7.62. The van der Waals surface area contributed by atoms with Crippen LogP contribution in [-0.2, 0) is 9.84 Å². The van der Waals surface area contributed by atoms with E-state index < -0.39 is 27.5 Å². The predicted molar refractivity (Wildman–Crippen MR) is 71.1 cm³/mol. The molecule has 0 bridgehead atoms. The van der Waals surface area contributed by atoms with Crippen LogP contribution in [0.4, 0.5) is 0 Å². The van der Waals surface area contributed by atoms with E-state index in [0.29, 0.717) is 5.02 Å². The number of rotatable bonds is 5. The minimum atomic E-state index is -3.68. The molecule has 1 aromatic carbocycles. The van der Waals surface area contributed by atoms with Gasteiger partial charge in [-0.15, -0.1) is 0 Å². The van der Waals surface area contributed by atoms with Crippen LogP contribution < -0.4 is 0 Å². The van der Waals surface area contributed by atoms with Gasteiger partial charge in [-0.3, -0.25) is 4.79 Å². The van der Waals surface area contributed by atoms with E-state index in [4.69, 9.17) is 28.3 Å². The molecule has 18 heavy (non-hydrogen) atoms. The van der Waals surface area contributed by atoms with E-state index in [-0.39, 0.29) is 16.3 Å². The predicted octanol–water partition coefficient (Wildman–Crippen LogP) is 1.97. The molecule has 0 saturated heterocycles. The topological polar surface area (TPSA) is 71.4 Å². The van der Waals surface area contributed by atoms with Crippen molar-refractivity contribution in [3.05, 3.63) is 33.8 Å². The van der Waals surface area contributed by atoms with Crippen molar-refractivity contribution in [3.8, 4) is 0 Å². The second-order valence-electron chi connectivity index (χ2n) is 3.61. The summed E-state index contributed by atoms with van der Waals surface area (Å²) >= 11 is 11.5. The Morgan fingerprint density at radius 1 is 1.39 bits per heavy atom. The maximum Gasteiger partial charge on any atom is 0.184 e. The van der Waals surface area contributed by atoms with Crippen LogP contribution in [0.2, 0.25) is 10.0 Å². The third-order valence-corrected chi connectivity index (χ3v) is 5.07. The lowest BCUT2D eigenvalue weighted by molar-refractivity contribution is 0.0962. The van der Waals surface area contributed by atoms with Crippen LogP contribution in [0.1, 0.15) is 17.3 Å².